The summed E-state index contributed by atoms with van der Waals surface area (Å²) in [4.78, 5) is 0. The zero-order valence-electron chi connectivity index (χ0n) is 31.3. The molecule has 0 spiro atoms. The molecule has 0 aromatic carbocycles. The SMILES string of the molecule is C=CCC[C@@H]1O[C@@H]2C[C@@H]3O[C@H](CO[Si](C)(C)C(C)(C)C)[C@@](C)(O[Si](C)(C)C(C)(C)C)C=C[C@H]3O[C@@]2(C)C[C@@]1(C)O[Si](C)(C)C. The molecule has 9 heteroatoms. The second-order valence-electron chi connectivity index (χ2n) is 18.5. The van der Waals surface area contributed by atoms with Crippen LogP contribution >= 0.6 is 0 Å². The first kappa shape index (κ1) is 38.3. The van der Waals surface area contributed by atoms with E-state index >= 15 is 0 Å². The molecular weight excluding hydrogens is 601 g/mol. The molecule has 0 aromatic rings. The van der Waals surface area contributed by atoms with Crippen LogP contribution in [-0.2, 0) is 27.5 Å². The fraction of sp³-hybridized carbons (Fsp3) is 0.886. The third-order valence-corrected chi connectivity index (χ3v) is 21.2. The maximum Gasteiger partial charge on any atom is 0.193 e. The molecule has 3 heterocycles. The Morgan fingerprint density at radius 1 is 0.864 bits per heavy atom. The van der Waals surface area contributed by atoms with Crippen molar-refractivity contribution in [2.45, 2.75) is 191 Å². The summed E-state index contributed by atoms with van der Waals surface area (Å²) >= 11 is 0. The third kappa shape index (κ3) is 8.48. The Hall–Kier alpha value is -0.109. The third-order valence-electron chi connectivity index (χ3n) is 11.1. The second-order valence-corrected chi connectivity index (χ2v) is 32.4. The van der Waals surface area contributed by atoms with E-state index in [1.807, 2.05) is 6.08 Å². The molecule has 0 amide bonds. The van der Waals surface area contributed by atoms with Gasteiger partial charge in [-0.25, -0.2) is 0 Å². The highest BCUT2D eigenvalue weighted by Crippen LogP contribution is 2.50. The van der Waals surface area contributed by atoms with Crippen LogP contribution in [0.4, 0.5) is 0 Å². The van der Waals surface area contributed by atoms with Crippen molar-refractivity contribution in [2.24, 2.45) is 0 Å². The molecule has 2 fully saturated rings. The quantitative estimate of drug-likeness (QED) is 0.171. The normalized spacial score (nSPS) is 37.2. The lowest BCUT2D eigenvalue weighted by atomic mass is 9.74. The Labute approximate surface area is 274 Å². The van der Waals surface area contributed by atoms with E-state index in [0.717, 1.165) is 25.7 Å². The standard InChI is InChI=1S/C35H68O6Si3/c1-18-19-20-28-35(10,40-42(11,12)13)25-34(9)29(38-28)23-27-26(39-34)21-22-33(8,41-44(16,17)32(5,6)7)30(37-27)24-36-43(14,15)31(2,3)4/h18,21-22,26-30H,1,19-20,23-25H2,2-17H3/t26-,27+,28+,29-,30-,33+,34+,35-/m1/s1. The van der Waals surface area contributed by atoms with E-state index in [4.69, 9.17) is 27.5 Å². The zero-order chi connectivity index (χ0) is 33.8. The highest BCUT2D eigenvalue weighted by Gasteiger charge is 2.59. The van der Waals surface area contributed by atoms with Crippen LogP contribution in [0.2, 0.25) is 55.9 Å². The van der Waals surface area contributed by atoms with Crippen LogP contribution in [0.25, 0.3) is 0 Å². The van der Waals surface area contributed by atoms with Gasteiger partial charge >= 0.3 is 0 Å². The van der Waals surface area contributed by atoms with Crippen LogP contribution in [0.1, 0.15) is 88.0 Å². The van der Waals surface area contributed by atoms with Crippen LogP contribution in [-0.4, -0.2) is 78.9 Å². The minimum atomic E-state index is -2.16. The van der Waals surface area contributed by atoms with Crippen molar-refractivity contribution in [3.63, 3.8) is 0 Å². The number of hydrogen-bond acceptors (Lipinski definition) is 6. The van der Waals surface area contributed by atoms with E-state index in [1.165, 1.54) is 0 Å². The van der Waals surface area contributed by atoms with Crippen LogP contribution in [0.3, 0.4) is 0 Å². The second kappa shape index (κ2) is 12.7. The van der Waals surface area contributed by atoms with Crippen molar-refractivity contribution in [2.75, 3.05) is 6.61 Å². The Bertz CT molecular complexity index is 1040. The largest absolute Gasteiger partial charge is 0.414 e. The summed E-state index contributed by atoms with van der Waals surface area (Å²) < 4.78 is 42.2. The molecule has 0 aliphatic carbocycles. The molecule has 0 unspecified atom stereocenters. The molecule has 0 saturated carbocycles. The van der Waals surface area contributed by atoms with Gasteiger partial charge in [-0.3, -0.25) is 0 Å². The average molecular weight is 669 g/mol. The summed E-state index contributed by atoms with van der Waals surface area (Å²) in [6.45, 7) is 40.8. The highest BCUT2D eigenvalue weighted by atomic mass is 28.4. The number of hydrogen-bond donors (Lipinski definition) is 0. The van der Waals surface area contributed by atoms with E-state index in [1.54, 1.807) is 0 Å². The van der Waals surface area contributed by atoms with Crippen LogP contribution < -0.4 is 0 Å². The Morgan fingerprint density at radius 3 is 1.98 bits per heavy atom. The summed E-state index contributed by atoms with van der Waals surface area (Å²) in [6, 6.07) is 0. The van der Waals surface area contributed by atoms with Gasteiger partial charge in [-0.15, -0.1) is 6.58 Å². The van der Waals surface area contributed by atoms with Gasteiger partial charge in [0.15, 0.2) is 25.0 Å². The zero-order valence-corrected chi connectivity index (χ0v) is 34.3. The molecule has 2 saturated heterocycles. The van der Waals surface area contributed by atoms with Crippen molar-refractivity contribution < 1.29 is 27.5 Å². The molecule has 0 aromatic heterocycles. The van der Waals surface area contributed by atoms with E-state index in [9.17, 15) is 0 Å². The van der Waals surface area contributed by atoms with Gasteiger partial charge in [0.05, 0.1) is 36.1 Å². The van der Waals surface area contributed by atoms with Gasteiger partial charge in [-0.1, -0.05) is 59.8 Å². The number of fused-ring (bicyclic) bond motifs is 2. The Balaban J connectivity index is 1.98. The van der Waals surface area contributed by atoms with Gasteiger partial charge in [0, 0.05) is 12.8 Å². The summed E-state index contributed by atoms with van der Waals surface area (Å²) in [7, 11) is -6.05. The molecule has 0 bridgehead atoms. The van der Waals surface area contributed by atoms with Gasteiger partial charge in [0.25, 0.3) is 0 Å². The summed E-state index contributed by atoms with van der Waals surface area (Å²) in [5.41, 5.74) is -1.58. The lowest BCUT2D eigenvalue weighted by Crippen LogP contribution is -2.67. The molecule has 3 rings (SSSR count). The molecule has 3 aliphatic heterocycles. The van der Waals surface area contributed by atoms with E-state index in [0.29, 0.717) is 6.61 Å². The van der Waals surface area contributed by atoms with Gasteiger partial charge in [-0.2, -0.15) is 0 Å². The average Bonchev–Trinajstić information content (AvgIpc) is 2.92. The maximum absolute atomic E-state index is 7.22. The van der Waals surface area contributed by atoms with Crippen molar-refractivity contribution in [1.82, 2.24) is 0 Å². The number of allylic oxidation sites excluding steroid dienone is 1. The van der Waals surface area contributed by atoms with Gasteiger partial charge in [0.1, 0.15) is 17.8 Å². The van der Waals surface area contributed by atoms with Crippen molar-refractivity contribution in [3.05, 3.63) is 24.8 Å². The van der Waals surface area contributed by atoms with Gasteiger partial charge < -0.3 is 27.5 Å². The number of ether oxygens (including phenoxy) is 3. The smallest absolute Gasteiger partial charge is 0.193 e. The molecule has 44 heavy (non-hydrogen) atoms. The van der Waals surface area contributed by atoms with Crippen molar-refractivity contribution in [1.29, 1.82) is 0 Å². The Morgan fingerprint density at radius 2 is 1.45 bits per heavy atom. The molecule has 3 aliphatic rings. The van der Waals surface area contributed by atoms with Crippen LogP contribution in [0, 0.1) is 0 Å². The number of rotatable bonds is 10. The fourth-order valence-corrected chi connectivity index (χ4v) is 10.8. The van der Waals surface area contributed by atoms with E-state index in [2.05, 4.69) is 127 Å². The maximum atomic E-state index is 7.22. The molecule has 256 valence electrons. The monoisotopic (exact) mass is 668 g/mol. The van der Waals surface area contributed by atoms with Crippen LogP contribution in [0.5, 0.6) is 0 Å². The summed E-state index contributed by atoms with van der Waals surface area (Å²) in [5, 5.41) is 0.158. The van der Waals surface area contributed by atoms with Crippen molar-refractivity contribution >= 4 is 25.0 Å². The predicted molar refractivity (Wildman–Crippen MR) is 191 cm³/mol. The molecule has 8 atom stereocenters. The first-order valence-corrected chi connectivity index (χ1v) is 26.2. The van der Waals surface area contributed by atoms with Gasteiger partial charge in [-0.05, 0) is 89.5 Å². The molecule has 6 nitrogen and oxygen atoms in total. The Kier molecular flexibility index (Phi) is 11.1. The predicted octanol–water partition coefficient (Wildman–Crippen LogP) is 9.39. The highest BCUT2D eigenvalue weighted by molar-refractivity contribution is 6.74. The molecule has 0 N–H and O–H groups in total. The van der Waals surface area contributed by atoms with Crippen molar-refractivity contribution in [3.8, 4) is 0 Å². The minimum absolute atomic E-state index is 0.0309. The lowest BCUT2D eigenvalue weighted by molar-refractivity contribution is -0.304. The van der Waals surface area contributed by atoms with Crippen LogP contribution in [0.15, 0.2) is 24.8 Å². The first-order chi connectivity index (χ1) is 19.7. The van der Waals surface area contributed by atoms with Gasteiger partial charge in [0.2, 0.25) is 0 Å². The summed E-state index contributed by atoms with van der Waals surface area (Å²) in [6.07, 6.45) is 8.96. The lowest BCUT2D eigenvalue weighted by Gasteiger charge is -2.58. The minimum Gasteiger partial charge on any atom is -0.414 e. The first-order valence-electron chi connectivity index (χ1n) is 17.0. The summed E-state index contributed by atoms with van der Waals surface area (Å²) in [5.74, 6) is 0. The van der Waals surface area contributed by atoms with E-state index in [-0.39, 0.29) is 40.6 Å². The molecular formula is C35H68O6Si3. The van der Waals surface area contributed by atoms with E-state index < -0.39 is 41.8 Å². The molecule has 0 radical (unpaired) electrons. The fourth-order valence-electron chi connectivity index (χ4n) is 6.55. The topological polar surface area (TPSA) is 55.4 Å².